The third kappa shape index (κ3) is 8.69. The minimum Gasteiger partial charge on any atom is -0.392 e. The van der Waals surface area contributed by atoms with E-state index in [0.29, 0.717) is 0 Å². The van der Waals surface area contributed by atoms with Gasteiger partial charge < -0.3 is 10.4 Å². The van der Waals surface area contributed by atoms with E-state index in [2.05, 4.69) is 55.9 Å². The Kier molecular flexibility index (Phi) is 9.52. The summed E-state index contributed by atoms with van der Waals surface area (Å²) in [5.74, 6) is 0. The molecule has 1 heterocycles. The normalized spacial score (nSPS) is 11.0. The van der Waals surface area contributed by atoms with E-state index in [1.807, 2.05) is 50.4 Å². The molecular weight excluding hydrogens is 332 g/mol. The van der Waals surface area contributed by atoms with Crippen molar-refractivity contribution in [1.82, 2.24) is 10.3 Å². The molecule has 3 heteroatoms. The lowest BCUT2D eigenvalue weighted by Gasteiger charge is -2.20. The Labute approximate surface area is 164 Å². The van der Waals surface area contributed by atoms with Gasteiger partial charge >= 0.3 is 0 Å². The van der Waals surface area contributed by atoms with Crippen LogP contribution in [0.4, 0.5) is 0 Å². The fourth-order valence-corrected chi connectivity index (χ4v) is 2.60. The van der Waals surface area contributed by atoms with Crippen LogP contribution in [0.2, 0.25) is 0 Å². The van der Waals surface area contributed by atoms with Gasteiger partial charge in [0.25, 0.3) is 0 Å². The number of aliphatic hydroxyl groups excluding tert-OH is 1. The van der Waals surface area contributed by atoms with Crippen LogP contribution in [0.15, 0.2) is 60.9 Å². The molecule has 2 N–H and O–H groups in total. The van der Waals surface area contributed by atoms with Crippen LogP contribution in [0.5, 0.6) is 0 Å². The highest BCUT2D eigenvalue weighted by molar-refractivity contribution is 5.61. The van der Waals surface area contributed by atoms with Gasteiger partial charge in [0.1, 0.15) is 0 Å². The Morgan fingerprint density at radius 3 is 2.52 bits per heavy atom. The first-order chi connectivity index (χ1) is 12.9. The second-order valence-electron chi connectivity index (χ2n) is 7.46. The molecule has 0 unspecified atom stereocenters. The van der Waals surface area contributed by atoms with E-state index < -0.39 is 0 Å². The molecule has 2 aromatic rings. The first-order valence-electron chi connectivity index (χ1n) is 9.62. The molecule has 0 aliphatic heterocycles. The molecule has 0 saturated carbocycles. The van der Waals surface area contributed by atoms with Crippen LogP contribution < -0.4 is 5.32 Å². The van der Waals surface area contributed by atoms with Gasteiger partial charge in [0.05, 0.1) is 12.3 Å². The number of hydrogen-bond donors (Lipinski definition) is 2. The summed E-state index contributed by atoms with van der Waals surface area (Å²) >= 11 is 0. The molecule has 0 saturated heterocycles. The minimum atomic E-state index is 0.0438. The van der Waals surface area contributed by atoms with Gasteiger partial charge in [-0.05, 0) is 35.1 Å². The molecule has 0 aliphatic carbocycles. The zero-order valence-electron chi connectivity index (χ0n) is 17.4. The van der Waals surface area contributed by atoms with E-state index in [1.54, 1.807) is 0 Å². The average molecular weight is 367 g/mol. The zero-order valence-corrected chi connectivity index (χ0v) is 17.4. The molecule has 1 aromatic heterocycles. The summed E-state index contributed by atoms with van der Waals surface area (Å²) in [7, 11) is 0. The Bertz CT molecular complexity index is 725. The predicted octanol–water partition coefficient (Wildman–Crippen LogP) is 5.82. The van der Waals surface area contributed by atoms with E-state index in [1.165, 1.54) is 0 Å². The average Bonchev–Trinajstić information content (AvgIpc) is 2.66. The van der Waals surface area contributed by atoms with Crippen molar-refractivity contribution in [2.75, 3.05) is 6.54 Å². The Morgan fingerprint density at radius 1 is 1.19 bits per heavy atom. The van der Waals surface area contributed by atoms with Gasteiger partial charge in [-0.1, -0.05) is 77.6 Å². The molecule has 146 valence electrons. The zero-order chi connectivity index (χ0) is 20.3. The molecule has 0 bridgehead atoms. The van der Waals surface area contributed by atoms with Crippen molar-refractivity contribution in [3.05, 3.63) is 72.1 Å². The van der Waals surface area contributed by atoms with Crippen LogP contribution in [0.3, 0.4) is 0 Å². The van der Waals surface area contributed by atoms with Crippen molar-refractivity contribution in [1.29, 1.82) is 0 Å². The lowest BCUT2D eigenvalue weighted by atomic mass is 9.91. The molecule has 0 spiro atoms. The summed E-state index contributed by atoms with van der Waals surface area (Å²) in [6, 6.07) is 11.9. The van der Waals surface area contributed by atoms with E-state index in [0.717, 1.165) is 41.0 Å². The number of nitrogens with one attached hydrogen (secondary N) is 1. The number of rotatable bonds is 7. The highest BCUT2D eigenvalue weighted by atomic mass is 16.3. The quantitative estimate of drug-likeness (QED) is 0.649. The number of allylic oxidation sites excluding steroid dienone is 1. The summed E-state index contributed by atoms with van der Waals surface area (Å²) < 4.78 is 0. The Hall–Kier alpha value is -2.39. The lowest BCUT2D eigenvalue weighted by Crippen LogP contribution is -2.17. The maximum atomic E-state index is 9.23. The highest BCUT2D eigenvalue weighted by Crippen LogP contribution is 2.21. The fraction of sp³-hybridized carbons (Fsp3) is 0.375. The van der Waals surface area contributed by atoms with Gasteiger partial charge in [-0.3, -0.25) is 4.98 Å². The number of aromatic nitrogens is 1. The topological polar surface area (TPSA) is 45.1 Å². The third-order valence-electron chi connectivity index (χ3n) is 3.72. The smallest absolute Gasteiger partial charge is 0.0702 e. The molecule has 0 amide bonds. The first kappa shape index (κ1) is 22.7. The van der Waals surface area contributed by atoms with Crippen molar-refractivity contribution >= 4 is 6.08 Å². The number of pyridine rings is 1. The third-order valence-corrected chi connectivity index (χ3v) is 3.72. The van der Waals surface area contributed by atoms with E-state index >= 15 is 0 Å². The summed E-state index contributed by atoms with van der Waals surface area (Å²) in [5, 5.41) is 12.6. The van der Waals surface area contributed by atoms with E-state index in [-0.39, 0.29) is 12.0 Å². The van der Waals surface area contributed by atoms with Crippen LogP contribution in [-0.4, -0.2) is 16.6 Å². The lowest BCUT2D eigenvalue weighted by molar-refractivity contribution is 0.282. The van der Waals surface area contributed by atoms with Crippen LogP contribution in [0.1, 0.15) is 52.2 Å². The molecule has 27 heavy (non-hydrogen) atoms. The van der Waals surface area contributed by atoms with E-state index in [9.17, 15) is 5.11 Å². The first-order valence-corrected chi connectivity index (χ1v) is 9.62. The molecule has 0 aliphatic rings. The number of aliphatic hydroxyl groups is 1. The van der Waals surface area contributed by atoms with Crippen molar-refractivity contribution in [2.24, 2.45) is 5.41 Å². The van der Waals surface area contributed by atoms with E-state index in [4.69, 9.17) is 0 Å². The second-order valence-corrected chi connectivity index (χ2v) is 7.46. The SMILES string of the molecule is C=C(CC(C)(C)C)NC/C=C/c1ccc(-c2cccc(CO)c2)nc1.CC. The Morgan fingerprint density at radius 2 is 1.93 bits per heavy atom. The monoisotopic (exact) mass is 366 g/mol. The van der Waals surface area contributed by atoms with Gasteiger partial charge in [-0.2, -0.15) is 0 Å². The summed E-state index contributed by atoms with van der Waals surface area (Å²) in [4.78, 5) is 4.52. The van der Waals surface area contributed by atoms with Gasteiger partial charge in [-0.15, -0.1) is 0 Å². The van der Waals surface area contributed by atoms with Crippen LogP contribution >= 0.6 is 0 Å². The molecule has 2 rings (SSSR count). The number of benzene rings is 1. The molecule has 0 radical (unpaired) electrons. The Balaban J connectivity index is 0.00000176. The van der Waals surface area contributed by atoms with Gasteiger partial charge in [-0.25, -0.2) is 0 Å². The molecule has 1 aromatic carbocycles. The van der Waals surface area contributed by atoms with Crippen LogP contribution in [0.25, 0.3) is 17.3 Å². The van der Waals surface area contributed by atoms with Crippen molar-refractivity contribution in [2.45, 2.75) is 47.6 Å². The molecular formula is C24H34N2O. The summed E-state index contributed by atoms with van der Waals surface area (Å²) in [6.07, 6.45) is 6.96. The maximum absolute atomic E-state index is 9.23. The molecule has 0 fully saturated rings. The van der Waals surface area contributed by atoms with Gasteiger partial charge in [0, 0.05) is 24.0 Å². The largest absolute Gasteiger partial charge is 0.392 e. The van der Waals surface area contributed by atoms with Gasteiger partial charge in [0.15, 0.2) is 0 Å². The van der Waals surface area contributed by atoms with Crippen molar-refractivity contribution in [3.63, 3.8) is 0 Å². The number of nitrogens with zero attached hydrogens (tertiary/aromatic N) is 1. The fourth-order valence-electron chi connectivity index (χ4n) is 2.60. The van der Waals surface area contributed by atoms with Crippen molar-refractivity contribution in [3.8, 4) is 11.3 Å². The molecule has 0 atom stereocenters. The summed E-state index contributed by atoms with van der Waals surface area (Å²) in [6.45, 7) is 15.5. The van der Waals surface area contributed by atoms with Crippen LogP contribution in [0, 0.1) is 5.41 Å². The van der Waals surface area contributed by atoms with Crippen LogP contribution in [-0.2, 0) is 6.61 Å². The summed E-state index contributed by atoms with van der Waals surface area (Å²) in [5.41, 5.74) is 5.19. The minimum absolute atomic E-state index is 0.0438. The predicted molar refractivity (Wildman–Crippen MR) is 117 cm³/mol. The maximum Gasteiger partial charge on any atom is 0.0702 e. The second kappa shape index (κ2) is 11.3. The van der Waals surface area contributed by atoms with Gasteiger partial charge in [0.2, 0.25) is 0 Å². The van der Waals surface area contributed by atoms with Crippen molar-refractivity contribution < 1.29 is 5.11 Å². The standard InChI is InChI=1S/C22H28N2O.C2H6/c1-17(14-22(2,3)4)23-12-6-8-18-10-11-21(24-15-18)20-9-5-7-19(13-20)16-25;1-2/h5-11,13,15,23,25H,1,12,14,16H2,2-4H3;1-2H3/b8-6+;. The number of hydrogen-bond acceptors (Lipinski definition) is 3. The molecule has 3 nitrogen and oxygen atoms in total. The highest BCUT2D eigenvalue weighted by Gasteiger charge is 2.11.